The van der Waals surface area contributed by atoms with E-state index in [4.69, 9.17) is 9.73 Å². The summed E-state index contributed by atoms with van der Waals surface area (Å²) in [6.07, 6.45) is 0. The van der Waals surface area contributed by atoms with E-state index in [-0.39, 0.29) is 5.54 Å². The van der Waals surface area contributed by atoms with Gasteiger partial charge < -0.3 is 4.74 Å². The number of aliphatic imine (C=N–C) groups is 1. The molecule has 1 aliphatic heterocycles. The number of nitrogens with zero attached hydrogens (tertiary/aromatic N) is 1. The molecular formula is C19H21NO. The van der Waals surface area contributed by atoms with Crippen molar-refractivity contribution in [2.75, 3.05) is 6.61 Å². The Hall–Kier alpha value is -2.09. The normalized spacial score (nSPS) is 16.5. The fraction of sp³-hybridized carbons (Fsp3) is 0.316. The fourth-order valence-electron chi connectivity index (χ4n) is 2.74. The lowest BCUT2D eigenvalue weighted by molar-refractivity contribution is 0.279. The third-order valence-corrected chi connectivity index (χ3v) is 3.80. The Bertz CT molecular complexity index is 713. The molecule has 0 saturated carbocycles. The van der Waals surface area contributed by atoms with Crippen LogP contribution < -0.4 is 0 Å². The van der Waals surface area contributed by atoms with Gasteiger partial charge in [0.1, 0.15) is 6.61 Å². The van der Waals surface area contributed by atoms with Crippen molar-refractivity contribution in [1.82, 2.24) is 0 Å². The van der Waals surface area contributed by atoms with E-state index in [9.17, 15) is 0 Å². The zero-order valence-electron chi connectivity index (χ0n) is 13.1. The molecule has 2 heteroatoms. The van der Waals surface area contributed by atoms with E-state index in [0.717, 1.165) is 11.5 Å². The Morgan fingerprint density at radius 1 is 0.952 bits per heavy atom. The first-order chi connectivity index (χ1) is 9.96. The molecule has 0 saturated heterocycles. The number of hydrogen-bond donors (Lipinski definition) is 0. The summed E-state index contributed by atoms with van der Waals surface area (Å²) in [7, 11) is 0. The fourth-order valence-corrected chi connectivity index (χ4v) is 2.74. The average molecular weight is 279 g/mol. The molecule has 0 radical (unpaired) electrons. The maximum atomic E-state index is 5.83. The van der Waals surface area contributed by atoms with E-state index in [0.29, 0.717) is 6.61 Å². The summed E-state index contributed by atoms with van der Waals surface area (Å²) >= 11 is 0. The Balaban J connectivity index is 2.13. The first-order valence-corrected chi connectivity index (χ1v) is 7.36. The second-order valence-corrected chi connectivity index (χ2v) is 6.38. The third-order valence-electron chi connectivity index (χ3n) is 3.80. The van der Waals surface area contributed by atoms with E-state index in [1.165, 1.54) is 22.3 Å². The van der Waals surface area contributed by atoms with Crippen LogP contribution in [0.5, 0.6) is 0 Å². The Morgan fingerprint density at radius 2 is 1.67 bits per heavy atom. The van der Waals surface area contributed by atoms with Gasteiger partial charge in [0.2, 0.25) is 5.90 Å². The van der Waals surface area contributed by atoms with Gasteiger partial charge in [-0.3, -0.25) is 0 Å². The van der Waals surface area contributed by atoms with Crippen molar-refractivity contribution in [1.29, 1.82) is 0 Å². The van der Waals surface area contributed by atoms with E-state index in [1.807, 2.05) is 6.07 Å². The molecule has 0 aromatic heterocycles. The van der Waals surface area contributed by atoms with Crippen LogP contribution in [0.1, 0.15) is 30.5 Å². The Labute approximate surface area is 126 Å². The van der Waals surface area contributed by atoms with Gasteiger partial charge in [-0.25, -0.2) is 4.99 Å². The lowest BCUT2D eigenvalue weighted by Gasteiger charge is -2.12. The first kappa shape index (κ1) is 13.9. The Kier molecular flexibility index (Phi) is 3.32. The lowest BCUT2D eigenvalue weighted by Crippen LogP contribution is -2.17. The van der Waals surface area contributed by atoms with Gasteiger partial charge in [0.25, 0.3) is 0 Å². The molecule has 2 aromatic rings. The second-order valence-electron chi connectivity index (χ2n) is 6.38. The largest absolute Gasteiger partial charge is 0.475 e. The molecule has 21 heavy (non-hydrogen) atoms. The van der Waals surface area contributed by atoms with Crippen LogP contribution in [0, 0.1) is 13.8 Å². The lowest BCUT2D eigenvalue weighted by atomic mass is 9.94. The van der Waals surface area contributed by atoms with Crippen LogP contribution in [0.2, 0.25) is 0 Å². The van der Waals surface area contributed by atoms with Crippen molar-refractivity contribution in [2.45, 2.75) is 33.2 Å². The molecule has 1 aliphatic rings. The summed E-state index contributed by atoms with van der Waals surface area (Å²) in [6.45, 7) is 9.11. The molecule has 3 rings (SSSR count). The minimum absolute atomic E-state index is 0.134. The van der Waals surface area contributed by atoms with Gasteiger partial charge in [0.15, 0.2) is 0 Å². The van der Waals surface area contributed by atoms with Gasteiger partial charge in [-0.1, -0.05) is 42.0 Å². The van der Waals surface area contributed by atoms with Gasteiger partial charge in [0.05, 0.1) is 5.54 Å². The monoisotopic (exact) mass is 279 g/mol. The summed E-state index contributed by atoms with van der Waals surface area (Å²) in [4.78, 5) is 4.72. The Morgan fingerprint density at radius 3 is 2.29 bits per heavy atom. The summed E-state index contributed by atoms with van der Waals surface area (Å²) < 4.78 is 5.83. The predicted molar refractivity (Wildman–Crippen MR) is 87.9 cm³/mol. The van der Waals surface area contributed by atoms with Gasteiger partial charge in [0, 0.05) is 5.56 Å². The molecule has 0 spiro atoms. The molecule has 1 heterocycles. The van der Waals surface area contributed by atoms with Crippen LogP contribution >= 0.6 is 0 Å². The number of ether oxygens (including phenoxy) is 1. The van der Waals surface area contributed by atoms with Gasteiger partial charge in [-0.2, -0.15) is 0 Å². The molecule has 0 amide bonds. The molecule has 108 valence electrons. The van der Waals surface area contributed by atoms with Crippen LogP contribution in [-0.2, 0) is 4.74 Å². The van der Waals surface area contributed by atoms with Crippen LogP contribution in [0.4, 0.5) is 0 Å². The highest BCUT2D eigenvalue weighted by atomic mass is 16.5. The number of benzene rings is 2. The molecular weight excluding hydrogens is 258 g/mol. The molecule has 0 unspecified atom stereocenters. The maximum Gasteiger partial charge on any atom is 0.217 e. The van der Waals surface area contributed by atoms with Crippen molar-refractivity contribution >= 4 is 5.90 Å². The molecule has 2 aromatic carbocycles. The van der Waals surface area contributed by atoms with E-state index in [2.05, 4.69) is 64.1 Å². The zero-order valence-corrected chi connectivity index (χ0v) is 13.1. The van der Waals surface area contributed by atoms with Crippen LogP contribution in [0.15, 0.2) is 47.5 Å². The molecule has 0 fully saturated rings. The first-order valence-electron chi connectivity index (χ1n) is 7.36. The van der Waals surface area contributed by atoms with Crippen molar-refractivity contribution in [2.24, 2.45) is 4.99 Å². The average Bonchev–Trinajstić information content (AvgIpc) is 2.79. The zero-order chi connectivity index (χ0) is 15.0. The molecule has 0 bridgehead atoms. The van der Waals surface area contributed by atoms with Crippen LogP contribution in [0.25, 0.3) is 11.1 Å². The van der Waals surface area contributed by atoms with Gasteiger partial charge >= 0.3 is 0 Å². The highest BCUT2D eigenvalue weighted by Gasteiger charge is 2.28. The van der Waals surface area contributed by atoms with Crippen molar-refractivity contribution in [3.05, 3.63) is 59.2 Å². The van der Waals surface area contributed by atoms with Crippen molar-refractivity contribution in [3.63, 3.8) is 0 Å². The molecule has 0 atom stereocenters. The molecule has 2 nitrogen and oxygen atoms in total. The smallest absolute Gasteiger partial charge is 0.217 e. The number of rotatable bonds is 2. The van der Waals surface area contributed by atoms with Crippen molar-refractivity contribution in [3.8, 4) is 11.1 Å². The highest BCUT2D eigenvalue weighted by molar-refractivity contribution is 6.02. The SMILES string of the molecule is Cc1ccc(-c2ccccc2C2=NC(C)(C)CO2)c(C)c1. The quantitative estimate of drug-likeness (QED) is 0.791. The third kappa shape index (κ3) is 2.71. The highest BCUT2D eigenvalue weighted by Crippen LogP contribution is 2.30. The number of hydrogen-bond acceptors (Lipinski definition) is 2. The topological polar surface area (TPSA) is 21.6 Å². The van der Waals surface area contributed by atoms with Crippen LogP contribution in [-0.4, -0.2) is 18.0 Å². The van der Waals surface area contributed by atoms with Crippen molar-refractivity contribution < 1.29 is 4.74 Å². The van der Waals surface area contributed by atoms with Gasteiger partial charge in [-0.15, -0.1) is 0 Å². The minimum Gasteiger partial charge on any atom is -0.475 e. The number of aryl methyl sites for hydroxylation is 2. The summed E-state index contributed by atoms with van der Waals surface area (Å²) in [5.41, 5.74) is 5.93. The summed E-state index contributed by atoms with van der Waals surface area (Å²) in [6, 6.07) is 14.9. The van der Waals surface area contributed by atoms with E-state index >= 15 is 0 Å². The molecule has 0 N–H and O–H groups in total. The van der Waals surface area contributed by atoms with E-state index in [1.54, 1.807) is 0 Å². The van der Waals surface area contributed by atoms with Crippen LogP contribution in [0.3, 0.4) is 0 Å². The minimum atomic E-state index is -0.134. The van der Waals surface area contributed by atoms with E-state index < -0.39 is 0 Å². The second kappa shape index (κ2) is 5.03. The predicted octanol–water partition coefficient (Wildman–Crippen LogP) is 4.53. The maximum absolute atomic E-state index is 5.83. The van der Waals surface area contributed by atoms with Gasteiger partial charge in [-0.05, 0) is 50.5 Å². The summed E-state index contributed by atoms with van der Waals surface area (Å²) in [5.74, 6) is 0.760. The standard InChI is InChI=1S/C19H21NO/c1-13-9-10-15(14(2)11-13)16-7-5-6-8-17(16)18-20-19(3,4)12-21-18/h5-11H,12H2,1-4H3. The molecule has 0 aliphatic carbocycles. The summed E-state index contributed by atoms with van der Waals surface area (Å²) in [5, 5.41) is 0.